The Balaban J connectivity index is 2.39. The van der Waals surface area contributed by atoms with Crippen LogP contribution < -0.4 is 5.32 Å². The molecule has 0 bridgehead atoms. The van der Waals surface area contributed by atoms with E-state index in [1.807, 2.05) is 6.92 Å². The van der Waals surface area contributed by atoms with Crippen molar-refractivity contribution < 1.29 is 19.5 Å². The number of carboxylic acids is 1. The van der Waals surface area contributed by atoms with E-state index in [0.29, 0.717) is 13.1 Å². The Hall–Kier alpha value is -1.59. The van der Waals surface area contributed by atoms with Gasteiger partial charge in [-0.1, -0.05) is 6.92 Å². The molecule has 1 saturated heterocycles. The summed E-state index contributed by atoms with van der Waals surface area (Å²) < 4.78 is 0. The Morgan fingerprint density at radius 3 is 2.71 bits per heavy atom. The van der Waals surface area contributed by atoms with Gasteiger partial charge in [-0.15, -0.1) is 0 Å². The largest absolute Gasteiger partial charge is 0.481 e. The molecule has 0 spiro atoms. The van der Waals surface area contributed by atoms with E-state index in [1.165, 1.54) is 6.92 Å². The first-order chi connectivity index (χ1) is 7.95. The maximum absolute atomic E-state index is 11.7. The van der Waals surface area contributed by atoms with Gasteiger partial charge in [0.25, 0.3) is 0 Å². The monoisotopic (exact) mass is 242 g/mol. The number of rotatable bonds is 5. The minimum absolute atomic E-state index is 0.0149. The predicted octanol–water partition coefficient (Wildman–Crippen LogP) is -0.308. The molecule has 1 rings (SSSR count). The lowest BCUT2D eigenvalue weighted by Crippen LogP contribution is -2.37. The van der Waals surface area contributed by atoms with Crippen molar-refractivity contribution in [1.82, 2.24) is 10.2 Å². The van der Waals surface area contributed by atoms with E-state index in [9.17, 15) is 14.4 Å². The molecule has 1 aliphatic heterocycles. The summed E-state index contributed by atoms with van der Waals surface area (Å²) in [5.41, 5.74) is 0. The number of amides is 2. The summed E-state index contributed by atoms with van der Waals surface area (Å²) in [5, 5.41) is 11.2. The summed E-state index contributed by atoms with van der Waals surface area (Å²) in [7, 11) is 0. The lowest BCUT2D eigenvalue weighted by atomic mass is 10.1. The third kappa shape index (κ3) is 3.44. The number of carbonyl (C=O) groups excluding carboxylic acids is 2. The quantitative estimate of drug-likeness (QED) is 0.692. The second-order valence-corrected chi connectivity index (χ2v) is 4.32. The zero-order valence-electron chi connectivity index (χ0n) is 10.1. The Bertz CT molecular complexity index is 329. The number of hydrogen-bond donors (Lipinski definition) is 2. The van der Waals surface area contributed by atoms with Crippen LogP contribution in [0.4, 0.5) is 0 Å². The average molecular weight is 242 g/mol. The minimum atomic E-state index is -0.942. The molecule has 0 aromatic rings. The standard InChI is InChI=1S/C11H18N2O4/c1-3-13-6-8(4-9(13)14)10(15)12-5-7(2)11(16)17/h7-8H,3-6H2,1-2H3,(H,12,15)(H,16,17). The van der Waals surface area contributed by atoms with Crippen LogP contribution in [-0.4, -0.2) is 47.4 Å². The highest BCUT2D eigenvalue weighted by Gasteiger charge is 2.33. The van der Waals surface area contributed by atoms with Crippen LogP contribution in [0, 0.1) is 11.8 Å². The van der Waals surface area contributed by atoms with Crippen LogP contribution in [0.5, 0.6) is 0 Å². The molecule has 6 heteroatoms. The Labute approximate surface area is 100.0 Å². The van der Waals surface area contributed by atoms with Gasteiger partial charge in [-0.05, 0) is 6.92 Å². The first kappa shape index (κ1) is 13.5. The van der Waals surface area contributed by atoms with Crippen LogP contribution in [0.25, 0.3) is 0 Å². The molecule has 2 atom stereocenters. The molecule has 0 saturated carbocycles. The highest BCUT2D eigenvalue weighted by molar-refractivity contribution is 5.89. The fourth-order valence-corrected chi connectivity index (χ4v) is 1.74. The Morgan fingerprint density at radius 2 is 2.24 bits per heavy atom. The Morgan fingerprint density at radius 1 is 1.59 bits per heavy atom. The molecule has 17 heavy (non-hydrogen) atoms. The zero-order valence-corrected chi connectivity index (χ0v) is 10.1. The summed E-state index contributed by atoms with van der Waals surface area (Å²) in [5.74, 6) is -2.15. The minimum Gasteiger partial charge on any atom is -0.481 e. The molecule has 1 aliphatic rings. The predicted molar refractivity (Wildman–Crippen MR) is 60.2 cm³/mol. The second-order valence-electron chi connectivity index (χ2n) is 4.32. The summed E-state index contributed by atoms with van der Waals surface area (Å²) >= 11 is 0. The fraction of sp³-hybridized carbons (Fsp3) is 0.727. The van der Waals surface area contributed by atoms with Crippen LogP contribution in [0.3, 0.4) is 0 Å². The van der Waals surface area contributed by atoms with Gasteiger partial charge in [-0.25, -0.2) is 0 Å². The fourth-order valence-electron chi connectivity index (χ4n) is 1.74. The van der Waals surface area contributed by atoms with Gasteiger partial charge in [-0.2, -0.15) is 0 Å². The van der Waals surface area contributed by atoms with E-state index in [4.69, 9.17) is 5.11 Å². The van der Waals surface area contributed by atoms with Crippen molar-refractivity contribution in [1.29, 1.82) is 0 Å². The highest BCUT2D eigenvalue weighted by atomic mass is 16.4. The first-order valence-corrected chi connectivity index (χ1v) is 5.74. The molecular weight excluding hydrogens is 224 g/mol. The number of nitrogens with one attached hydrogen (secondary N) is 1. The van der Waals surface area contributed by atoms with Crippen molar-refractivity contribution >= 4 is 17.8 Å². The number of carboxylic acid groups (broad SMARTS) is 1. The summed E-state index contributed by atoms with van der Waals surface area (Å²) in [6.45, 7) is 4.53. The van der Waals surface area contributed by atoms with E-state index < -0.39 is 11.9 Å². The molecule has 0 radical (unpaired) electrons. The maximum Gasteiger partial charge on any atom is 0.308 e. The van der Waals surface area contributed by atoms with Crippen LogP contribution in [-0.2, 0) is 14.4 Å². The molecular formula is C11H18N2O4. The summed E-state index contributed by atoms with van der Waals surface area (Å²) in [6.07, 6.45) is 0.223. The molecule has 96 valence electrons. The van der Waals surface area contributed by atoms with E-state index >= 15 is 0 Å². The normalized spacial score (nSPS) is 21.4. The molecule has 2 N–H and O–H groups in total. The molecule has 1 heterocycles. The van der Waals surface area contributed by atoms with E-state index in [0.717, 1.165) is 0 Å². The number of hydrogen-bond acceptors (Lipinski definition) is 3. The Kier molecular flexibility index (Phi) is 4.48. The van der Waals surface area contributed by atoms with E-state index in [-0.39, 0.29) is 30.7 Å². The number of carbonyl (C=O) groups is 3. The molecule has 0 aliphatic carbocycles. The molecule has 2 unspecified atom stereocenters. The van der Waals surface area contributed by atoms with Crippen LogP contribution in [0.2, 0.25) is 0 Å². The third-order valence-corrected chi connectivity index (χ3v) is 2.97. The van der Waals surface area contributed by atoms with Gasteiger partial charge in [0, 0.05) is 26.1 Å². The van der Waals surface area contributed by atoms with Crippen LogP contribution in [0.1, 0.15) is 20.3 Å². The van der Waals surface area contributed by atoms with E-state index in [1.54, 1.807) is 4.90 Å². The topological polar surface area (TPSA) is 86.7 Å². The highest BCUT2D eigenvalue weighted by Crippen LogP contribution is 2.17. The zero-order chi connectivity index (χ0) is 13.0. The summed E-state index contributed by atoms with van der Waals surface area (Å²) in [6, 6.07) is 0. The van der Waals surface area contributed by atoms with Gasteiger partial charge in [0.1, 0.15) is 0 Å². The third-order valence-electron chi connectivity index (χ3n) is 2.97. The van der Waals surface area contributed by atoms with Crippen molar-refractivity contribution in [3.8, 4) is 0 Å². The number of nitrogens with zero attached hydrogens (tertiary/aromatic N) is 1. The first-order valence-electron chi connectivity index (χ1n) is 5.74. The molecule has 0 aromatic carbocycles. The van der Waals surface area contributed by atoms with Crippen LogP contribution in [0.15, 0.2) is 0 Å². The SMILES string of the molecule is CCN1CC(C(=O)NCC(C)C(=O)O)CC1=O. The average Bonchev–Trinajstić information content (AvgIpc) is 2.66. The van der Waals surface area contributed by atoms with Crippen molar-refractivity contribution in [2.45, 2.75) is 20.3 Å². The van der Waals surface area contributed by atoms with Crippen LogP contribution >= 0.6 is 0 Å². The van der Waals surface area contributed by atoms with Crippen molar-refractivity contribution in [3.05, 3.63) is 0 Å². The van der Waals surface area contributed by atoms with Gasteiger partial charge < -0.3 is 15.3 Å². The molecule has 6 nitrogen and oxygen atoms in total. The lowest BCUT2D eigenvalue weighted by Gasteiger charge is -2.14. The van der Waals surface area contributed by atoms with Gasteiger partial charge in [0.2, 0.25) is 11.8 Å². The van der Waals surface area contributed by atoms with Gasteiger partial charge in [0.05, 0.1) is 11.8 Å². The van der Waals surface area contributed by atoms with Crippen molar-refractivity contribution in [2.75, 3.05) is 19.6 Å². The van der Waals surface area contributed by atoms with Gasteiger partial charge in [-0.3, -0.25) is 14.4 Å². The number of aliphatic carboxylic acids is 1. The van der Waals surface area contributed by atoms with Gasteiger partial charge >= 0.3 is 5.97 Å². The smallest absolute Gasteiger partial charge is 0.308 e. The van der Waals surface area contributed by atoms with E-state index in [2.05, 4.69) is 5.32 Å². The lowest BCUT2D eigenvalue weighted by molar-refractivity contribution is -0.141. The molecule has 1 fully saturated rings. The maximum atomic E-state index is 11.7. The van der Waals surface area contributed by atoms with Crippen molar-refractivity contribution in [2.24, 2.45) is 11.8 Å². The molecule has 2 amide bonds. The molecule has 0 aromatic heterocycles. The van der Waals surface area contributed by atoms with Gasteiger partial charge in [0.15, 0.2) is 0 Å². The van der Waals surface area contributed by atoms with Crippen molar-refractivity contribution in [3.63, 3.8) is 0 Å². The second kappa shape index (κ2) is 5.65. The summed E-state index contributed by atoms with van der Waals surface area (Å²) in [4.78, 5) is 35.3. The number of likely N-dealkylation sites (tertiary alicyclic amines) is 1.